The van der Waals surface area contributed by atoms with Crippen molar-refractivity contribution in [1.29, 1.82) is 0 Å². The van der Waals surface area contributed by atoms with E-state index in [2.05, 4.69) is 33.0 Å². The molecule has 0 spiro atoms. The number of carbonyl (C=O) groups is 2. The molecule has 0 unspecified atom stereocenters. The highest BCUT2D eigenvalue weighted by molar-refractivity contribution is 5.81. The fourth-order valence-electron chi connectivity index (χ4n) is 4.27. The molecule has 0 aliphatic heterocycles. The van der Waals surface area contributed by atoms with Crippen LogP contribution in [0.25, 0.3) is 0 Å². The van der Waals surface area contributed by atoms with Gasteiger partial charge >= 0.3 is 6.09 Å². The predicted molar refractivity (Wildman–Crippen MR) is 126 cm³/mol. The quantitative estimate of drug-likeness (QED) is 0.420. The van der Waals surface area contributed by atoms with E-state index in [-0.39, 0.29) is 28.8 Å². The molecule has 0 bridgehead atoms. The van der Waals surface area contributed by atoms with E-state index in [1.807, 2.05) is 58.0 Å². The van der Waals surface area contributed by atoms with E-state index in [9.17, 15) is 9.59 Å². The molecular weight excluding hydrogens is 390 g/mol. The number of Topliss-reactive ketones (excluding diaryl/α,β-unsaturated/α-hetero) is 1. The molecule has 1 N–H and O–H groups in total. The highest BCUT2D eigenvalue weighted by Gasteiger charge is 2.36. The van der Waals surface area contributed by atoms with Gasteiger partial charge in [0.15, 0.2) is 0 Å². The Kier molecular flexibility index (Phi) is 9.31. The number of amides is 1. The summed E-state index contributed by atoms with van der Waals surface area (Å²) in [4.78, 5) is 24.1. The van der Waals surface area contributed by atoms with E-state index in [0.717, 1.165) is 18.4 Å². The van der Waals surface area contributed by atoms with Crippen LogP contribution in [0.3, 0.4) is 0 Å². The van der Waals surface area contributed by atoms with Gasteiger partial charge in [0, 0.05) is 17.6 Å². The fourth-order valence-corrected chi connectivity index (χ4v) is 4.27. The molecule has 0 fully saturated rings. The van der Waals surface area contributed by atoms with E-state index in [4.69, 9.17) is 9.47 Å². The van der Waals surface area contributed by atoms with Crippen molar-refractivity contribution in [2.45, 2.75) is 99.3 Å². The monoisotopic (exact) mass is 433 g/mol. The van der Waals surface area contributed by atoms with Gasteiger partial charge < -0.3 is 14.8 Å². The number of alkyl carbamates (subject to hydrolysis) is 1. The number of carbonyl (C=O) groups excluding carboxylic acids is 2. The Morgan fingerprint density at radius 2 is 1.48 bits per heavy atom. The maximum atomic E-state index is 12.2. The molecule has 0 aromatic heterocycles. The molecule has 176 valence electrons. The van der Waals surface area contributed by atoms with Crippen LogP contribution in [0.15, 0.2) is 30.3 Å². The van der Waals surface area contributed by atoms with Gasteiger partial charge in [0.2, 0.25) is 0 Å². The van der Waals surface area contributed by atoms with Crippen LogP contribution in [0, 0.1) is 10.8 Å². The number of benzene rings is 1. The molecule has 31 heavy (non-hydrogen) atoms. The standard InChI is InChI=1S/C26H43NO4/c1-20(28)24(4,5)18-23(2,3)19-26(8,9)31-16-15-25(6,7)27-22(29)30-17-21-13-11-10-12-14-21/h10-14H,15-19H2,1-9H3,(H,27,29). The second-order valence-electron chi connectivity index (χ2n) is 11.4. The molecule has 0 heterocycles. The third kappa shape index (κ3) is 10.8. The van der Waals surface area contributed by atoms with Crippen LogP contribution in [-0.2, 0) is 20.9 Å². The Labute approximate surface area is 189 Å². The van der Waals surface area contributed by atoms with Crippen molar-refractivity contribution in [1.82, 2.24) is 5.32 Å². The van der Waals surface area contributed by atoms with Crippen molar-refractivity contribution >= 4 is 11.9 Å². The Morgan fingerprint density at radius 1 is 0.903 bits per heavy atom. The zero-order chi connectivity index (χ0) is 23.9. The van der Waals surface area contributed by atoms with Crippen molar-refractivity contribution in [2.75, 3.05) is 6.61 Å². The highest BCUT2D eigenvalue weighted by Crippen LogP contribution is 2.40. The summed E-state index contributed by atoms with van der Waals surface area (Å²) in [7, 11) is 0. The molecule has 1 rings (SSSR count). The van der Waals surface area contributed by atoms with Crippen molar-refractivity contribution in [3.05, 3.63) is 35.9 Å². The molecule has 1 aromatic rings. The molecular formula is C26H43NO4. The average molecular weight is 434 g/mol. The van der Waals surface area contributed by atoms with Crippen molar-refractivity contribution < 1.29 is 19.1 Å². The number of ketones is 1. The molecule has 0 aliphatic carbocycles. The van der Waals surface area contributed by atoms with E-state index in [1.165, 1.54) is 0 Å². The van der Waals surface area contributed by atoms with Crippen LogP contribution in [0.2, 0.25) is 0 Å². The lowest BCUT2D eigenvalue weighted by atomic mass is 9.69. The maximum Gasteiger partial charge on any atom is 0.407 e. The number of ether oxygens (including phenoxy) is 2. The Bertz CT molecular complexity index is 720. The molecule has 0 aliphatic rings. The van der Waals surface area contributed by atoms with Crippen LogP contribution < -0.4 is 5.32 Å². The van der Waals surface area contributed by atoms with E-state index >= 15 is 0 Å². The zero-order valence-electron chi connectivity index (χ0n) is 21.1. The third-order valence-electron chi connectivity index (χ3n) is 5.65. The van der Waals surface area contributed by atoms with Crippen molar-refractivity contribution in [3.8, 4) is 0 Å². The molecule has 1 amide bonds. The number of hydrogen-bond acceptors (Lipinski definition) is 4. The van der Waals surface area contributed by atoms with Gasteiger partial charge in [0.05, 0.1) is 5.60 Å². The van der Waals surface area contributed by atoms with Gasteiger partial charge in [-0.05, 0) is 64.9 Å². The van der Waals surface area contributed by atoms with Gasteiger partial charge in [-0.2, -0.15) is 0 Å². The van der Waals surface area contributed by atoms with Crippen LogP contribution >= 0.6 is 0 Å². The smallest absolute Gasteiger partial charge is 0.407 e. The maximum absolute atomic E-state index is 12.2. The number of rotatable bonds is 12. The zero-order valence-corrected chi connectivity index (χ0v) is 21.1. The lowest BCUT2D eigenvalue weighted by Gasteiger charge is -2.39. The minimum absolute atomic E-state index is 0.0340. The first-order valence-electron chi connectivity index (χ1n) is 11.2. The predicted octanol–water partition coefficient (Wildman–Crippen LogP) is 6.30. The fraction of sp³-hybridized carbons (Fsp3) is 0.692. The van der Waals surface area contributed by atoms with E-state index in [1.54, 1.807) is 6.92 Å². The summed E-state index contributed by atoms with van der Waals surface area (Å²) in [5.41, 5.74) is -0.202. The summed E-state index contributed by atoms with van der Waals surface area (Å²) in [5, 5.41) is 2.93. The SMILES string of the molecule is CC(=O)C(C)(C)CC(C)(C)CC(C)(C)OCCC(C)(C)NC(=O)OCc1ccccc1. The first kappa shape index (κ1) is 27.2. The third-order valence-corrected chi connectivity index (χ3v) is 5.65. The van der Waals surface area contributed by atoms with Crippen LogP contribution in [-0.4, -0.2) is 29.6 Å². The molecule has 0 saturated heterocycles. The largest absolute Gasteiger partial charge is 0.445 e. The Morgan fingerprint density at radius 3 is 2.03 bits per heavy atom. The molecule has 0 radical (unpaired) electrons. The topological polar surface area (TPSA) is 64.6 Å². The molecule has 5 nitrogen and oxygen atoms in total. The normalized spacial score (nSPS) is 13.1. The van der Waals surface area contributed by atoms with Gasteiger partial charge in [0.1, 0.15) is 12.4 Å². The van der Waals surface area contributed by atoms with Gasteiger partial charge in [-0.25, -0.2) is 4.79 Å². The number of hydrogen-bond donors (Lipinski definition) is 1. The highest BCUT2D eigenvalue weighted by atomic mass is 16.5. The van der Waals surface area contributed by atoms with Gasteiger partial charge in [-0.15, -0.1) is 0 Å². The van der Waals surface area contributed by atoms with E-state index < -0.39 is 11.6 Å². The summed E-state index contributed by atoms with van der Waals surface area (Å²) in [6, 6.07) is 9.62. The summed E-state index contributed by atoms with van der Waals surface area (Å²) in [5.74, 6) is 0.214. The summed E-state index contributed by atoms with van der Waals surface area (Å²) < 4.78 is 11.5. The average Bonchev–Trinajstić information content (AvgIpc) is 2.57. The first-order chi connectivity index (χ1) is 14.0. The minimum atomic E-state index is -0.448. The van der Waals surface area contributed by atoms with Gasteiger partial charge in [-0.3, -0.25) is 4.79 Å². The lowest BCUT2D eigenvalue weighted by molar-refractivity contribution is -0.127. The van der Waals surface area contributed by atoms with Gasteiger partial charge in [0.25, 0.3) is 0 Å². The van der Waals surface area contributed by atoms with Crippen LogP contribution in [0.4, 0.5) is 4.79 Å². The number of nitrogens with one attached hydrogen (secondary N) is 1. The van der Waals surface area contributed by atoms with Crippen molar-refractivity contribution in [3.63, 3.8) is 0 Å². The second kappa shape index (κ2) is 10.6. The minimum Gasteiger partial charge on any atom is -0.445 e. The second-order valence-corrected chi connectivity index (χ2v) is 11.4. The van der Waals surface area contributed by atoms with E-state index in [0.29, 0.717) is 13.0 Å². The van der Waals surface area contributed by atoms with Crippen molar-refractivity contribution in [2.24, 2.45) is 10.8 Å². The Hall–Kier alpha value is -1.88. The summed E-state index contributed by atoms with van der Waals surface area (Å²) in [6.45, 7) is 18.9. The first-order valence-corrected chi connectivity index (χ1v) is 11.2. The van der Waals surface area contributed by atoms with Gasteiger partial charge in [-0.1, -0.05) is 58.0 Å². The lowest BCUT2D eigenvalue weighted by Crippen LogP contribution is -2.45. The molecule has 0 atom stereocenters. The molecule has 5 heteroatoms. The van der Waals surface area contributed by atoms with Crippen LogP contribution in [0.1, 0.15) is 87.1 Å². The summed E-state index contributed by atoms with van der Waals surface area (Å²) in [6.07, 6.45) is 1.88. The van der Waals surface area contributed by atoms with Crippen LogP contribution in [0.5, 0.6) is 0 Å². The summed E-state index contributed by atoms with van der Waals surface area (Å²) >= 11 is 0. The Balaban J connectivity index is 2.47. The molecule has 1 aromatic carbocycles. The molecule has 0 saturated carbocycles.